The van der Waals surface area contributed by atoms with Gasteiger partial charge in [-0.25, -0.2) is 4.39 Å². The summed E-state index contributed by atoms with van der Waals surface area (Å²) in [7, 11) is -2.79. The fourth-order valence-corrected chi connectivity index (χ4v) is 11.7. The summed E-state index contributed by atoms with van der Waals surface area (Å²) in [6.45, 7) is 8.76. The summed E-state index contributed by atoms with van der Waals surface area (Å²) in [6, 6.07) is 46.5. The lowest BCUT2D eigenvalue weighted by atomic mass is 9.97. The molecule has 5 aromatic carbocycles. The summed E-state index contributed by atoms with van der Waals surface area (Å²) in [5, 5.41) is 2.20. The van der Waals surface area contributed by atoms with Gasteiger partial charge in [0.15, 0.2) is 0 Å². The summed E-state index contributed by atoms with van der Waals surface area (Å²) in [5.74, 6) is -0.648. The van der Waals surface area contributed by atoms with Crippen LogP contribution in [0.25, 0.3) is 0 Å². The van der Waals surface area contributed by atoms with Crippen molar-refractivity contribution in [1.29, 1.82) is 0 Å². The van der Waals surface area contributed by atoms with Gasteiger partial charge in [0.1, 0.15) is 5.82 Å². The van der Waals surface area contributed by atoms with Crippen molar-refractivity contribution in [1.82, 2.24) is 0 Å². The fraction of sp³-hybridized carbons (Fsp3) is 0.262. The summed E-state index contributed by atoms with van der Waals surface area (Å²) >= 11 is 0. The Bertz CT molecular complexity index is 1700. The lowest BCUT2D eigenvalue weighted by Crippen LogP contribution is -2.67. The Morgan fingerprint density at radius 2 is 1.25 bits per heavy atom. The minimum atomic E-state index is -2.79. The maximum Gasteiger partial charge on any atom is 0.261 e. The average molecular weight is 657 g/mol. The fourth-order valence-electron chi connectivity index (χ4n) is 7.10. The zero-order chi connectivity index (χ0) is 33.6. The first-order chi connectivity index (χ1) is 23.3. The van der Waals surface area contributed by atoms with E-state index in [1.165, 1.54) is 16.4 Å². The molecule has 1 amide bonds. The minimum absolute atomic E-state index is 0.00300. The summed E-state index contributed by atoms with van der Waals surface area (Å²) < 4.78 is 23.3. The van der Waals surface area contributed by atoms with Crippen LogP contribution in [0.4, 0.5) is 15.8 Å². The number of amides is 1. The van der Waals surface area contributed by atoms with Crippen molar-refractivity contribution in [3.63, 3.8) is 0 Å². The van der Waals surface area contributed by atoms with E-state index in [1.807, 2.05) is 60.7 Å². The van der Waals surface area contributed by atoms with Gasteiger partial charge in [-0.2, -0.15) is 0 Å². The van der Waals surface area contributed by atoms with E-state index >= 15 is 4.39 Å². The molecule has 6 heteroatoms. The number of halogens is 1. The predicted octanol–water partition coefficient (Wildman–Crippen LogP) is 8.35. The van der Waals surface area contributed by atoms with Crippen LogP contribution in [-0.2, 0) is 22.3 Å². The molecule has 1 unspecified atom stereocenters. The summed E-state index contributed by atoms with van der Waals surface area (Å²) in [5.41, 5.74) is 3.32. The van der Waals surface area contributed by atoms with E-state index in [2.05, 4.69) is 98.5 Å². The first-order valence-electron chi connectivity index (χ1n) is 16.9. The monoisotopic (exact) mass is 656 g/mol. The number of piperidine rings is 1. The summed E-state index contributed by atoms with van der Waals surface area (Å²) in [4.78, 5) is 17.9. The van der Waals surface area contributed by atoms with Gasteiger partial charge in [0.25, 0.3) is 8.32 Å². The molecule has 246 valence electrons. The Balaban J connectivity index is 1.25. The normalized spacial score (nSPS) is 15.4. The molecule has 5 aromatic rings. The maximum absolute atomic E-state index is 16.1. The first-order valence-corrected chi connectivity index (χ1v) is 18.9. The van der Waals surface area contributed by atoms with Crippen LogP contribution in [-0.4, -0.2) is 27.4 Å². The van der Waals surface area contributed by atoms with E-state index in [4.69, 9.17) is 4.43 Å². The van der Waals surface area contributed by atoms with E-state index in [0.717, 1.165) is 24.0 Å². The molecule has 1 atom stereocenters. The van der Waals surface area contributed by atoms with Crippen molar-refractivity contribution in [2.45, 2.75) is 51.7 Å². The first kappa shape index (κ1) is 33.4. The maximum atomic E-state index is 16.1. The number of carbonyl (C=O) groups is 1. The van der Waals surface area contributed by atoms with Crippen LogP contribution in [0, 0.1) is 11.7 Å². The van der Waals surface area contributed by atoms with Gasteiger partial charge < -0.3 is 14.2 Å². The second-order valence-corrected chi connectivity index (χ2v) is 18.1. The highest BCUT2D eigenvalue weighted by atomic mass is 28.4. The topological polar surface area (TPSA) is 32.8 Å². The van der Waals surface area contributed by atoms with Crippen LogP contribution in [0.15, 0.2) is 140 Å². The molecule has 0 N–H and O–H groups in total. The van der Waals surface area contributed by atoms with Crippen LogP contribution in [0.2, 0.25) is 5.04 Å². The molecule has 0 saturated carbocycles. The second kappa shape index (κ2) is 14.7. The van der Waals surface area contributed by atoms with E-state index < -0.39 is 8.32 Å². The van der Waals surface area contributed by atoms with Crippen molar-refractivity contribution >= 4 is 36.0 Å². The molecule has 1 aliphatic rings. The Hall–Kier alpha value is -4.52. The van der Waals surface area contributed by atoms with Gasteiger partial charge >= 0.3 is 0 Å². The van der Waals surface area contributed by atoms with Gasteiger partial charge in [-0.1, -0.05) is 142 Å². The van der Waals surface area contributed by atoms with Crippen LogP contribution in [0.3, 0.4) is 0 Å². The van der Waals surface area contributed by atoms with Crippen LogP contribution in [0.1, 0.15) is 44.7 Å². The minimum Gasteiger partial charge on any atom is -0.407 e. The molecule has 1 saturated heterocycles. The molecule has 1 aliphatic heterocycles. The smallest absolute Gasteiger partial charge is 0.261 e. The number of benzene rings is 5. The molecule has 0 radical (unpaired) electrons. The van der Waals surface area contributed by atoms with Crippen LogP contribution >= 0.6 is 0 Å². The SMILES string of the molecule is CC(C)(C)[Si](OCC1CCCN(c2ccc(N(Cc3ccccc3)Cc3ccccc3)c(F)c2)C1=O)(c1ccccc1)c1ccccc1. The molecule has 48 heavy (non-hydrogen) atoms. The third kappa shape index (κ3) is 7.15. The van der Waals surface area contributed by atoms with Crippen LogP contribution < -0.4 is 20.2 Å². The standard InChI is InChI=1S/C42H45FN2O2Si/c1-42(2,3)48(37-22-12-6-13-23-37,38-24-14-7-15-25-38)47-32-35-21-16-28-45(41(35)46)36-26-27-40(39(43)29-36)44(30-33-17-8-4-9-18-33)31-34-19-10-5-11-20-34/h4-15,17-20,22-27,29,35H,16,21,28,30-32H2,1-3H3. The zero-order valence-electron chi connectivity index (χ0n) is 28.2. The van der Waals surface area contributed by atoms with Gasteiger partial charge in [-0.15, -0.1) is 0 Å². The number of carbonyl (C=O) groups excluding carboxylic acids is 1. The Morgan fingerprint density at radius 1 is 0.750 bits per heavy atom. The molecule has 4 nitrogen and oxygen atoms in total. The highest BCUT2D eigenvalue weighted by molar-refractivity contribution is 6.99. The predicted molar refractivity (Wildman–Crippen MR) is 198 cm³/mol. The molecule has 1 fully saturated rings. The summed E-state index contributed by atoms with van der Waals surface area (Å²) in [6.07, 6.45) is 1.58. The van der Waals surface area contributed by atoms with Crippen molar-refractivity contribution in [2.24, 2.45) is 5.92 Å². The molecular weight excluding hydrogens is 612 g/mol. The van der Waals surface area contributed by atoms with E-state index in [0.29, 0.717) is 37.6 Å². The quantitative estimate of drug-likeness (QED) is 0.134. The second-order valence-electron chi connectivity index (χ2n) is 13.8. The largest absolute Gasteiger partial charge is 0.407 e. The van der Waals surface area contributed by atoms with Crippen molar-refractivity contribution in [3.8, 4) is 0 Å². The number of anilines is 2. The highest BCUT2D eigenvalue weighted by Gasteiger charge is 2.50. The Morgan fingerprint density at radius 3 is 1.73 bits per heavy atom. The molecule has 0 spiro atoms. The van der Waals surface area contributed by atoms with Gasteiger partial charge in [0.05, 0.1) is 11.6 Å². The van der Waals surface area contributed by atoms with E-state index in [9.17, 15) is 4.79 Å². The number of rotatable bonds is 11. The third-order valence-corrected chi connectivity index (χ3v) is 14.5. The Kier molecular flexibility index (Phi) is 10.2. The van der Waals surface area contributed by atoms with Gasteiger partial charge in [0, 0.05) is 31.9 Å². The van der Waals surface area contributed by atoms with Crippen molar-refractivity contribution in [2.75, 3.05) is 23.0 Å². The van der Waals surface area contributed by atoms with Gasteiger partial charge in [-0.3, -0.25) is 4.79 Å². The average Bonchev–Trinajstić information content (AvgIpc) is 3.10. The third-order valence-electron chi connectivity index (χ3n) is 9.48. The Labute approximate surface area is 285 Å². The number of hydrogen-bond acceptors (Lipinski definition) is 3. The van der Waals surface area contributed by atoms with E-state index in [1.54, 1.807) is 4.90 Å². The van der Waals surface area contributed by atoms with Gasteiger partial charge in [0.2, 0.25) is 5.91 Å². The van der Waals surface area contributed by atoms with Crippen molar-refractivity contribution in [3.05, 3.63) is 156 Å². The highest BCUT2D eigenvalue weighted by Crippen LogP contribution is 2.38. The van der Waals surface area contributed by atoms with Crippen molar-refractivity contribution < 1.29 is 13.6 Å². The number of nitrogens with zero attached hydrogens (tertiary/aromatic N) is 2. The lowest BCUT2D eigenvalue weighted by molar-refractivity contribution is -0.124. The lowest BCUT2D eigenvalue weighted by Gasteiger charge is -2.44. The molecule has 0 aromatic heterocycles. The molecular formula is C42H45FN2O2Si. The molecule has 0 bridgehead atoms. The van der Waals surface area contributed by atoms with Crippen LogP contribution in [0.5, 0.6) is 0 Å². The number of hydrogen-bond donors (Lipinski definition) is 0. The zero-order valence-corrected chi connectivity index (χ0v) is 29.2. The molecule has 6 rings (SSSR count). The molecule has 1 heterocycles. The van der Waals surface area contributed by atoms with Gasteiger partial charge in [-0.05, 0) is 57.6 Å². The van der Waals surface area contributed by atoms with E-state index in [-0.39, 0.29) is 22.7 Å². The molecule has 0 aliphatic carbocycles.